The van der Waals surface area contributed by atoms with Crippen molar-refractivity contribution in [3.63, 3.8) is 0 Å². The Kier molecular flexibility index (Phi) is 6.27. The van der Waals surface area contributed by atoms with Gasteiger partial charge in [0.05, 0.1) is 5.41 Å². The molecule has 0 fully saturated rings. The van der Waals surface area contributed by atoms with Gasteiger partial charge in [-0.25, -0.2) is 15.0 Å². The summed E-state index contributed by atoms with van der Waals surface area (Å²) in [7, 11) is 0. The van der Waals surface area contributed by atoms with E-state index in [0.29, 0.717) is 17.5 Å². The molecule has 2 aliphatic rings. The Balaban J connectivity index is 1.24. The molecule has 1 aliphatic heterocycles. The summed E-state index contributed by atoms with van der Waals surface area (Å²) in [5, 5.41) is 2.62. The van der Waals surface area contributed by atoms with Gasteiger partial charge in [0, 0.05) is 46.7 Å². The number of benzene rings is 7. The number of hydrogen-bond donors (Lipinski definition) is 0. The highest BCUT2D eigenvalue weighted by molar-refractivity contribution is 7.99. The lowest BCUT2D eigenvalue weighted by atomic mass is 9.67. The highest BCUT2D eigenvalue weighted by Crippen LogP contribution is 2.64. The van der Waals surface area contributed by atoms with Crippen LogP contribution in [-0.2, 0) is 5.41 Å². The van der Waals surface area contributed by atoms with Crippen molar-refractivity contribution < 1.29 is 0 Å². The Morgan fingerprint density at radius 1 is 0.412 bits per heavy atom. The van der Waals surface area contributed by atoms with E-state index in [1.807, 2.05) is 59.5 Å². The second-order valence-corrected chi connectivity index (χ2v) is 15.3. The molecule has 3 heterocycles. The molecule has 1 aliphatic carbocycles. The summed E-state index contributed by atoms with van der Waals surface area (Å²) >= 11 is 3.75. The molecule has 0 N–H and O–H groups in total. The molecule has 0 unspecified atom stereocenters. The number of hydrogen-bond acceptors (Lipinski definition) is 5. The first-order chi connectivity index (χ1) is 25.3. The monoisotopic (exact) mass is 685 g/mol. The molecule has 0 saturated carbocycles. The number of nitrogens with zero attached hydrogens (tertiary/aromatic N) is 3. The summed E-state index contributed by atoms with van der Waals surface area (Å²) in [4.78, 5) is 17.8. The van der Waals surface area contributed by atoms with Gasteiger partial charge >= 0.3 is 0 Å². The van der Waals surface area contributed by atoms with Crippen molar-refractivity contribution in [1.82, 2.24) is 15.0 Å². The van der Waals surface area contributed by atoms with Crippen LogP contribution in [0.1, 0.15) is 22.3 Å². The highest BCUT2D eigenvalue weighted by atomic mass is 32.2. The lowest BCUT2D eigenvalue weighted by Gasteiger charge is -2.39. The van der Waals surface area contributed by atoms with Gasteiger partial charge in [-0.05, 0) is 63.7 Å². The van der Waals surface area contributed by atoms with Crippen LogP contribution in [-0.4, -0.2) is 15.0 Å². The fourth-order valence-corrected chi connectivity index (χ4v) is 10.6. The van der Waals surface area contributed by atoms with Crippen LogP contribution >= 0.6 is 23.1 Å². The van der Waals surface area contributed by atoms with Gasteiger partial charge in [0.2, 0.25) is 0 Å². The van der Waals surface area contributed by atoms with Crippen molar-refractivity contribution in [3.05, 3.63) is 186 Å². The molecule has 3 nitrogen and oxygen atoms in total. The maximum Gasteiger partial charge on any atom is 0.164 e. The van der Waals surface area contributed by atoms with E-state index in [2.05, 4.69) is 127 Å². The van der Waals surface area contributed by atoms with Gasteiger partial charge in [0.15, 0.2) is 17.5 Å². The second-order valence-electron chi connectivity index (χ2n) is 13.1. The summed E-state index contributed by atoms with van der Waals surface area (Å²) in [6.07, 6.45) is 0. The van der Waals surface area contributed by atoms with Crippen LogP contribution < -0.4 is 0 Å². The number of fused-ring (bicyclic) bond motifs is 13. The smallest absolute Gasteiger partial charge is 0.164 e. The normalized spacial score (nSPS) is 13.6. The van der Waals surface area contributed by atoms with E-state index in [9.17, 15) is 0 Å². The number of aromatic nitrogens is 3. The molecule has 238 valence electrons. The first-order valence-electron chi connectivity index (χ1n) is 17.1. The maximum absolute atomic E-state index is 5.14. The minimum absolute atomic E-state index is 0.470. The van der Waals surface area contributed by atoms with Crippen molar-refractivity contribution in [2.75, 3.05) is 0 Å². The minimum Gasteiger partial charge on any atom is -0.208 e. The minimum atomic E-state index is -0.470. The molecule has 0 saturated heterocycles. The summed E-state index contributed by atoms with van der Waals surface area (Å²) in [6, 6.07) is 58.9. The fourth-order valence-electron chi connectivity index (χ4n) is 8.28. The molecule has 11 rings (SSSR count). The van der Waals surface area contributed by atoms with E-state index in [1.165, 1.54) is 63.3 Å². The van der Waals surface area contributed by atoms with E-state index in [-0.39, 0.29) is 0 Å². The highest BCUT2D eigenvalue weighted by Gasteiger charge is 2.51. The van der Waals surface area contributed by atoms with Gasteiger partial charge in [-0.1, -0.05) is 145 Å². The van der Waals surface area contributed by atoms with E-state index in [1.54, 1.807) is 0 Å². The third-order valence-corrected chi connectivity index (χ3v) is 12.7. The van der Waals surface area contributed by atoms with Gasteiger partial charge < -0.3 is 0 Å². The lowest BCUT2D eigenvalue weighted by molar-refractivity contribution is 0.723. The Bertz CT molecular complexity index is 2740. The molecule has 5 heteroatoms. The number of thiophene rings is 1. The van der Waals surface area contributed by atoms with Crippen molar-refractivity contribution in [1.29, 1.82) is 0 Å². The largest absolute Gasteiger partial charge is 0.208 e. The van der Waals surface area contributed by atoms with Gasteiger partial charge in [-0.15, -0.1) is 11.3 Å². The molecule has 0 atom stereocenters. The maximum atomic E-state index is 5.14. The van der Waals surface area contributed by atoms with Gasteiger partial charge in [-0.2, -0.15) is 0 Å². The zero-order valence-corrected chi connectivity index (χ0v) is 28.9. The third-order valence-electron chi connectivity index (χ3n) is 10.4. The molecule has 51 heavy (non-hydrogen) atoms. The van der Waals surface area contributed by atoms with E-state index in [0.717, 1.165) is 16.7 Å². The second kappa shape index (κ2) is 11.1. The molecule has 0 bridgehead atoms. The average molecular weight is 686 g/mol. The Hall–Kier alpha value is -5.88. The van der Waals surface area contributed by atoms with Crippen molar-refractivity contribution >= 4 is 43.3 Å². The van der Waals surface area contributed by atoms with Crippen LogP contribution in [0.15, 0.2) is 174 Å². The topological polar surface area (TPSA) is 38.7 Å². The SMILES string of the molecule is c1ccc(-c2nc(-c3ccccc3)nc(-c3ccc4c(c3)-c3c(ccc5sc6ccccc6c35)C43c4ccccc4Sc4ccccc43)n2)cc1. The molecule has 7 aromatic carbocycles. The first kappa shape index (κ1) is 28.9. The summed E-state index contributed by atoms with van der Waals surface area (Å²) in [5.74, 6) is 1.99. The van der Waals surface area contributed by atoms with Crippen molar-refractivity contribution in [3.8, 4) is 45.3 Å². The third kappa shape index (κ3) is 4.16. The Morgan fingerprint density at radius 3 is 1.63 bits per heavy atom. The summed E-state index contributed by atoms with van der Waals surface area (Å²) < 4.78 is 2.60. The predicted octanol–water partition coefficient (Wildman–Crippen LogP) is 12.1. The standard InChI is InChI=1S/C46H27N3S2/c1-3-13-28(14-4-1)43-47-44(29-15-5-2-6-16-29)49-45(48-43)30-23-24-33-32(27-30)41-36(25-26-40-42(41)31-17-7-10-20-37(31)50-40)46(33)34-18-8-11-21-38(34)51-39-22-12-9-19-35(39)46/h1-27H. The molecular weight excluding hydrogens is 659 g/mol. The number of rotatable bonds is 3. The van der Waals surface area contributed by atoms with Crippen LogP contribution in [0.2, 0.25) is 0 Å². The molecular formula is C46H27N3S2. The zero-order chi connectivity index (χ0) is 33.5. The molecule has 0 amide bonds. The fraction of sp³-hybridized carbons (Fsp3) is 0.0217. The van der Waals surface area contributed by atoms with Crippen LogP contribution in [0.25, 0.3) is 65.5 Å². The zero-order valence-electron chi connectivity index (χ0n) is 27.2. The van der Waals surface area contributed by atoms with E-state index in [4.69, 9.17) is 15.0 Å². The van der Waals surface area contributed by atoms with E-state index >= 15 is 0 Å². The van der Waals surface area contributed by atoms with Crippen LogP contribution in [0.5, 0.6) is 0 Å². The summed E-state index contributed by atoms with van der Waals surface area (Å²) in [6.45, 7) is 0. The van der Waals surface area contributed by atoms with Crippen molar-refractivity contribution in [2.45, 2.75) is 15.2 Å². The predicted molar refractivity (Wildman–Crippen MR) is 210 cm³/mol. The van der Waals surface area contributed by atoms with Gasteiger partial charge in [0.1, 0.15) is 0 Å². The van der Waals surface area contributed by atoms with Gasteiger partial charge in [-0.3, -0.25) is 0 Å². The molecule has 9 aromatic rings. The summed E-state index contributed by atoms with van der Waals surface area (Å²) in [5.41, 5.74) is 10.2. The first-order valence-corrected chi connectivity index (χ1v) is 18.7. The van der Waals surface area contributed by atoms with Crippen LogP contribution in [0.3, 0.4) is 0 Å². The lowest BCUT2D eigenvalue weighted by Crippen LogP contribution is -2.31. The van der Waals surface area contributed by atoms with Crippen molar-refractivity contribution in [2.24, 2.45) is 0 Å². The quantitative estimate of drug-likeness (QED) is 0.186. The Morgan fingerprint density at radius 2 is 0.961 bits per heavy atom. The average Bonchev–Trinajstić information content (AvgIpc) is 3.72. The molecule has 2 aromatic heterocycles. The molecule has 0 radical (unpaired) electrons. The Labute approximate surface area is 303 Å². The molecule has 1 spiro atoms. The van der Waals surface area contributed by atoms with Crippen LogP contribution in [0, 0.1) is 0 Å². The van der Waals surface area contributed by atoms with E-state index < -0.39 is 5.41 Å². The van der Waals surface area contributed by atoms with Crippen LogP contribution in [0.4, 0.5) is 0 Å². The van der Waals surface area contributed by atoms with Gasteiger partial charge in [0.25, 0.3) is 0 Å².